The van der Waals surface area contributed by atoms with Crippen LogP contribution in [0.3, 0.4) is 0 Å². The topological polar surface area (TPSA) is 55.9 Å². The molecule has 0 aromatic carbocycles. The van der Waals surface area contributed by atoms with E-state index in [0.29, 0.717) is 26.2 Å². The molecular formula is C16H26N4O2S. The van der Waals surface area contributed by atoms with Crippen molar-refractivity contribution in [3.8, 4) is 0 Å². The Balaban J connectivity index is 1.87. The van der Waals surface area contributed by atoms with Gasteiger partial charge in [0.1, 0.15) is 0 Å². The lowest BCUT2D eigenvalue weighted by Gasteiger charge is -2.26. The van der Waals surface area contributed by atoms with Crippen LogP contribution >= 0.6 is 11.3 Å². The maximum atomic E-state index is 12.4. The van der Waals surface area contributed by atoms with Gasteiger partial charge in [-0.15, -0.1) is 0 Å². The molecule has 0 aliphatic carbocycles. The molecule has 2 heterocycles. The fourth-order valence-electron chi connectivity index (χ4n) is 2.79. The Kier molecular flexibility index (Phi) is 6.41. The minimum absolute atomic E-state index is 0.0440. The number of carbonyl (C=O) groups is 2. The summed E-state index contributed by atoms with van der Waals surface area (Å²) in [6, 6.07) is 2.22. The first-order chi connectivity index (χ1) is 11.0. The van der Waals surface area contributed by atoms with E-state index in [2.05, 4.69) is 27.0 Å². The van der Waals surface area contributed by atoms with Crippen LogP contribution in [-0.4, -0.2) is 73.5 Å². The lowest BCUT2D eigenvalue weighted by Crippen LogP contribution is -2.44. The highest BCUT2D eigenvalue weighted by molar-refractivity contribution is 7.07. The molecule has 1 saturated heterocycles. The van der Waals surface area contributed by atoms with Crippen molar-refractivity contribution in [2.75, 3.05) is 46.8 Å². The molecule has 0 unspecified atom stereocenters. The van der Waals surface area contributed by atoms with E-state index in [0.717, 1.165) is 13.0 Å². The van der Waals surface area contributed by atoms with Crippen molar-refractivity contribution in [1.29, 1.82) is 0 Å². The molecule has 1 aromatic rings. The van der Waals surface area contributed by atoms with E-state index in [4.69, 9.17) is 0 Å². The molecule has 6 nitrogen and oxygen atoms in total. The van der Waals surface area contributed by atoms with Gasteiger partial charge in [0, 0.05) is 39.6 Å². The predicted molar refractivity (Wildman–Crippen MR) is 92.6 cm³/mol. The summed E-state index contributed by atoms with van der Waals surface area (Å²) in [7, 11) is 4.04. The standard InChI is InChI=1S/C16H26N4O2S/c1-13(21)19-6-4-7-20(9-8-19)16(22)17-11-15(18(2)3)14-5-10-23-12-14/h5,10,12,15H,4,6-9,11H2,1-3H3,(H,17,22)/t15-/m1/s1. The molecule has 1 aliphatic rings. The van der Waals surface area contributed by atoms with E-state index >= 15 is 0 Å². The van der Waals surface area contributed by atoms with Gasteiger partial charge in [0.15, 0.2) is 0 Å². The third kappa shape index (κ3) is 4.94. The fraction of sp³-hybridized carbons (Fsp3) is 0.625. The largest absolute Gasteiger partial charge is 0.341 e. The number of hydrogen-bond donors (Lipinski definition) is 1. The van der Waals surface area contributed by atoms with Crippen LogP contribution in [0.2, 0.25) is 0 Å². The highest BCUT2D eigenvalue weighted by Crippen LogP contribution is 2.20. The van der Waals surface area contributed by atoms with Crippen molar-refractivity contribution in [1.82, 2.24) is 20.0 Å². The number of hydrogen-bond acceptors (Lipinski definition) is 4. The average Bonchev–Trinajstić information content (AvgIpc) is 2.89. The Bertz CT molecular complexity index is 518. The zero-order valence-electron chi connectivity index (χ0n) is 14.1. The molecule has 0 saturated carbocycles. The van der Waals surface area contributed by atoms with Crippen molar-refractivity contribution < 1.29 is 9.59 Å². The van der Waals surface area contributed by atoms with Gasteiger partial charge >= 0.3 is 6.03 Å². The number of amides is 3. The summed E-state index contributed by atoms with van der Waals surface area (Å²) in [6.45, 7) is 4.80. The van der Waals surface area contributed by atoms with Crippen molar-refractivity contribution in [2.24, 2.45) is 0 Å². The molecule has 23 heavy (non-hydrogen) atoms. The summed E-state index contributed by atoms with van der Waals surface area (Å²) in [5.41, 5.74) is 1.22. The molecule has 0 radical (unpaired) electrons. The van der Waals surface area contributed by atoms with E-state index < -0.39 is 0 Å². The van der Waals surface area contributed by atoms with Gasteiger partial charge in [0.25, 0.3) is 0 Å². The normalized spacial score (nSPS) is 17.0. The maximum absolute atomic E-state index is 12.4. The third-order valence-electron chi connectivity index (χ3n) is 4.23. The Morgan fingerprint density at radius 1 is 1.26 bits per heavy atom. The molecule has 2 rings (SSSR count). The van der Waals surface area contributed by atoms with Gasteiger partial charge in [-0.3, -0.25) is 4.79 Å². The van der Waals surface area contributed by atoms with Gasteiger partial charge < -0.3 is 20.0 Å². The summed E-state index contributed by atoms with van der Waals surface area (Å²) in [6.07, 6.45) is 0.828. The zero-order chi connectivity index (χ0) is 16.8. The summed E-state index contributed by atoms with van der Waals surface area (Å²) in [5, 5.41) is 7.21. The van der Waals surface area contributed by atoms with E-state index in [1.165, 1.54) is 5.56 Å². The van der Waals surface area contributed by atoms with E-state index in [1.807, 2.05) is 19.0 Å². The Morgan fingerprint density at radius 3 is 2.57 bits per heavy atom. The maximum Gasteiger partial charge on any atom is 0.317 e. The highest BCUT2D eigenvalue weighted by atomic mass is 32.1. The molecule has 0 spiro atoms. The van der Waals surface area contributed by atoms with Crippen LogP contribution in [0, 0.1) is 0 Å². The van der Waals surface area contributed by atoms with Crippen LogP contribution < -0.4 is 5.32 Å². The average molecular weight is 338 g/mol. The lowest BCUT2D eigenvalue weighted by atomic mass is 10.1. The number of nitrogens with zero attached hydrogens (tertiary/aromatic N) is 3. The van der Waals surface area contributed by atoms with Gasteiger partial charge in [0.05, 0.1) is 6.04 Å². The Hall–Kier alpha value is -1.60. The van der Waals surface area contributed by atoms with E-state index in [-0.39, 0.29) is 18.0 Å². The predicted octanol–water partition coefficient (Wildman–Crippen LogP) is 1.61. The zero-order valence-corrected chi connectivity index (χ0v) is 14.9. The van der Waals surface area contributed by atoms with Crippen LogP contribution in [0.5, 0.6) is 0 Å². The Labute approximate surface area is 142 Å². The van der Waals surface area contributed by atoms with Gasteiger partial charge in [-0.1, -0.05) is 0 Å². The highest BCUT2D eigenvalue weighted by Gasteiger charge is 2.22. The Morgan fingerprint density at radius 2 is 1.96 bits per heavy atom. The number of nitrogens with one attached hydrogen (secondary N) is 1. The first-order valence-electron chi connectivity index (χ1n) is 7.96. The fourth-order valence-corrected chi connectivity index (χ4v) is 3.50. The van der Waals surface area contributed by atoms with Crippen LogP contribution in [-0.2, 0) is 4.79 Å². The molecule has 1 fully saturated rings. The molecule has 0 bridgehead atoms. The van der Waals surface area contributed by atoms with Gasteiger partial charge in [-0.2, -0.15) is 11.3 Å². The number of thiophene rings is 1. The lowest BCUT2D eigenvalue weighted by molar-refractivity contribution is -0.128. The van der Waals surface area contributed by atoms with E-state index in [9.17, 15) is 9.59 Å². The number of carbonyl (C=O) groups excluding carboxylic acids is 2. The summed E-state index contributed by atoms with van der Waals surface area (Å²) >= 11 is 1.67. The third-order valence-corrected chi connectivity index (χ3v) is 4.93. The van der Waals surface area contributed by atoms with Crippen molar-refractivity contribution in [3.63, 3.8) is 0 Å². The quantitative estimate of drug-likeness (QED) is 0.907. The molecule has 3 amide bonds. The number of likely N-dealkylation sites (N-methyl/N-ethyl adjacent to an activating group) is 1. The molecular weight excluding hydrogens is 312 g/mol. The first-order valence-corrected chi connectivity index (χ1v) is 8.90. The van der Waals surface area contributed by atoms with Crippen LogP contribution in [0.25, 0.3) is 0 Å². The smallest absolute Gasteiger partial charge is 0.317 e. The molecule has 1 aromatic heterocycles. The van der Waals surface area contributed by atoms with Crippen molar-refractivity contribution in [2.45, 2.75) is 19.4 Å². The van der Waals surface area contributed by atoms with Crippen LogP contribution in [0.15, 0.2) is 16.8 Å². The molecule has 1 atom stereocenters. The van der Waals surface area contributed by atoms with E-state index in [1.54, 1.807) is 23.2 Å². The van der Waals surface area contributed by atoms with Crippen molar-refractivity contribution >= 4 is 23.3 Å². The molecule has 7 heteroatoms. The number of urea groups is 1. The SMILES string of the molecule is CC(=O)N1CCCN(C(=O)NC[C@H](c2ccsc2)N(C)C)CC1. The monoisotopic (exact) mass is 338 g/mol. The van der Waals surface area contributed by atoms with Crippen LogP contribution in [0.4, 0.5) is 4.79 Å². The second-order valence-corrected chi connectivity index (χ2v) is 6.85. The molecule has 128 valence electrons. The van der Waals surface area contributed by atoms with Crippen molar-refractivity contribution in [3.05, 3.63) is 22.4 Å². The summed E-state index contributed by atoms with van der Waals surface area (Å²) in [5.74, 6) is 0.0809. The second-order valence-electron chi connectivity index (χ2n) is 6.07. The van der Waals surface area contributed by atoms with Crippen LogP contribution in [0.1, 0.15) is 24.9 Å². The first kappa shape index (κ1) is 17.7. The number of rotatable bonds is 4. The van der Waals surface area contributed by atoms with Gasteiger partial charge in [-0.25, -0.2) is 4.79 Å². The summed E-state index contributed by atoms with van der Waals surface area (Å²) in [4.78, 5) is 29.6. The summed E-state index contributed by atoms with van der Waals surface area (Å²) < 4.78 is 0. The molecule has 1 aliphatic heterocycles. The minimum atomic E-state index is -0.0440. The second kappa shape index (κ2) is 8.31. The van der Waals surface area contributed by atoms with Gasteiger partial charge in [-0.05, 0) is 42.9 Å². The van der Waals surface area contributed by atoms with Gasteiger partial charge in [0.2, 0.25) is 5.91 Å². The molecule has 1 N–H and O–H groups in total. The minimum Gasteiger partial charge on any atom is -0.341 e.